The van der Waals surface area contributed by atoms with Gasteiger partial charge in [0.05, 0.1) is 17.1 Å². The van der Waals surface area contributed by atoms with Crippen LogP contribution in [0.4, 0.5) is 0 Å². The molecule has 4 rings (SSSR count). The number of benzene rings is 2. The minimum absolute atomic E-state index is 0.165. The first-order valence-electron chi connectivity index (χ1n) is 8.59. The van der Waals surface area contributed by atoms with Gasteiger partial charge in [0.15, 0.2) is 0 Å². The summed E-state index contributed by atoms with van der Waals surface area (Å²) in [5.74, 6) is 0.662. The van der Waals surface area contributed by atoms with Crippen LogP contribution in [0.15, 0.2) is 61.4 Å². The van der Waals surface area contributed by atoms with Gasteiger partial charge in [-0.15, -0.1) is 0 Å². The van der Waals surface area contributed by atoms with Crippen LogP contribution >= 0.6 is 31.9 Å². The molecule has 0 aliphatic carbocycles. The number of rotatable bonds is 4. The number of halogens is 2. The van der Waals surface area contributed by atoms with E-state index in [-0.39, 0.29) is 5.56 Å². The first-order chi connectivity index (χ1) is 13.1. The van der Waals surface area contributed by atoms with Crippen LogP contribution in [0.5, 0.6) is 0 Å². The van der Waals surface area contributed by atoms with E-state index in [9.17, 15) is 4.79 Å². The molecule has 4 aromatic rings. The maximum atomic E-state index is 13.0. The van der Waals surface area contributed by atoms with Crippen LogP contribution in [-0.4, -0.2) is 20.9 Å². The summed E-state index contributed by atoms with van der Waals surface area (Å²) in [5.41, 5.74) is 2.45. The van der Waals surface area contributed by atoms with Gasteiger partial charge in [-0.05, 0) is 42.8 Å². The predicted octanol–water partition coefficient (Wildman–Crippen LogP) is 5.24. The van der Waals surface area contributed by atoms with Crippen LogP contribution < -0.4 is 5.56 Å². The van der Waals surface area contributed by atoms with Crippen molar-refractivity contribution in [3.8, 4) is 0 Å². The van der Waals surface area contributed by atoms with Crippen LogP contribution in [0.1, 0.15) is 24.7 Å². The average molecular weight is 488 g/mol. The van der Waals surface area contributed by atoms with E-state index in [4.69, 9.17) is 0 Å². The number of aromatic nitrogens is 3. The molecule has 0 spiro atoms. The van der Waals surface area contributed by atoms with Crippen molar-refractivity contribution < 1.29 is 0 Å². The second-order valence-corrected chi connectivity index (χ2v) is 8.07. The Hall–Kier alpha value is -2.25. The largest absolute Gasteiger partial charge is 0.361 e. The highest BCUT2D eigenvalue weighted by Gasteiger charge is 2.11. The Morgan fingerprint density at radius 3 is 2.67 bits per heavy atom. The Labute approximate surface area is 172 Å². The molecule has 0 unspecified atom stereocenters. The zero-order chi connectivity index (χ0) is 19.0. The molecule has 0 amide bonds. The van der Waals surface area contributed by atoms with E-state index in [1.165, 1.54) is 4.68 Å². The number of hydrogen-bond donors (Lipinski definition) is 1. The highest BCUT2D eigenvalue weighted by atomic mass is 79.9. The van der Waals surface area contributed by atoms with E-state index in [1.54, 1.807) is 12.3 Å². The molecule has 2 aromatic heterocycles. The fourth-order valence-corrected chi connectivity index (χ4v) is 3.76. The molecular formula is C20H16Br2N4O. The molecule has 7 heteroatoms. The van der Waals surface area contributed by atoms with Crippen molar-refractivity contribution >= 4 is 59.9 Å². The maximum Gasteiger partial charge on any atom is 0.282 e. The monoisotopic (exact) mass is 486 g/mol. The highest BCUT2D eigenvalue weighted by molar-refractivity contribution is 9.10. The van der Waals surface area contributed by atoms with Gasteiger partial charge in [0.2, 0.25) is 0 Å². The standard InChI is InChI=1S/C20H16Br2N4O/c1-2-3-19-25-18-7-5-14(22)9-16(18)20(27)26(19)24-11-12-10-23-17-6-4-13(21)8-15(12)17/h4-11,23H,2-3H2,1H3. The van der Waals surface area contributed by atoms with Crippen LogP contribution in [0, 0.1) is 0 Å². The SMILES string of the molecule is CCCc1nc2ccc(Br)cc2c(=O)n1N=Cc1c[nH]c2ccc(Br)cc12. The summed E-state index contributed by atoms with van der Waals surface area (Å²) in [6, 6.07) is 11.5. The zero-order valence-electron chi connectivity index (χ0n) is 14.5. The molecule has 0 saturated carbocycles. The van der Waals surface area contributed by atoms with E-state index in [2.05, 4.69) is 53.9 Å². The molecule has 1 N–H and O–H groups in total. The quantitative estimate of drug-likeness (QED) is 0.400. The Balaban J connectivity index is 1.87. The van der Waals surface area contributed by atoms with Gasteiger partial charge in [-0.3, -0.25) is 4.79 Å². The second-order valence-electron chi connectivity index (χ2n) is 6.23. The van der Waals surface area contributed by atoms with E-state index < -0.39 is 0 Å². The normalized spacial score (nSPS) is 11.8. The summed E-state index contributed by atoms with van der Waals surface area (Å²) in [4.78, 5) is 20.9. The third-order valence-electron chi connectivity index (χ3n) is 4.34. The van der Waals surface area contributed by atoms with Gasteiger partial charge < -0.3 is 4.98 Å². The number of fused-ring (bicyclic) bond motifs is 2. The van der Waals surface area contributed by atoms with E-state index in [1.807, 2.05) is 36.5 Å². The van der Waals surface area contributed by atoms with Gasteiger partial charge >= 0.3 is 0 Å². The Bertz CT molecular complexity index is 1240. The van der Waals surface area contributed by atoms with Crippen molar-refractivity contribution in [1.82, 2.24) is 14.6 Å². The van der Waals surface area contributed by atoms with E-state index in [0.29, 0.717) is 23.1 Å². The van der Waals surface area contributed by atoms with Crippen molar-refractivity contribution in [2.24, 2.45) is 5.10 Å². The molecule has 0 aliphatic heterocycles. The summed E-state index contributed by atoms with van der Waals surface area (Å²) in [7, 11) is 0. The molecule has 2 heterocycles. The lowest BCUT2D eigenvalue weighted by Crippen LogP contribution is -2.22. The molecule has 5 nitrogen and oxygen atoms in total. The topological polar surface area (TPSA) is 63.0 Å². The average Bonchev–Trinajstić information content (AvgIpc) is 3.04. The van der Waals surface area contributed by atoms with Gasteiger partial charge in [0.1, 0.15) is 5.82 Å². The fraction of sp³-hybridized carbons (Fsp3) is 0.150. The summed E-state index contributed by atoms with van der Waals surface area (Å²) in [5, 5.41) is 6.07. The Kier molecular flexibility index (Phi) is 4.97. The molecule has 0 fully saturated rings. The van der Waals surface area contributed by atoms with Crippen LogP contribution in [0.2, 0.25) is 0 Å². The summed E-state index contributed by atoms with van der Waals surface area (Å²) >= 11 is 6.92. The van der Waals surface area contributed by atoms with Gasteiger partial charge in [-0.2, -0.15) is 9.78 Å². The van der Waals surface area contributed by atoms with Crippen molar-refractivity contribution in [2.45, 2.75) is 19.8 Å². The number of nitrogens with zero attached hydrogens (tertiary/aromatic N) is 3. The smallest absolute Gasteiger partial charge is 0.282 e. The molecule has 0 aliphatic rings. The lowest BCUT2D eigenvalue weighted by atomic mass is 10.2. The second kappa shape index (κ2) is 7.40. The van der Waals surface area contributed by atoms with Crippen molar-refractivity contribution in [1.29, 1.82) is 0 Å². The van der Waals surface area contributed by atoms with Gasteiger partial charge in [0.25, 0.3) is 5.56 Å². The lowest BCUT2D eigenvalue weighted by Gasteiger charge is -2.08. The van der Waals surface area contributed by atoms with Gasteiger partial charge in [0, 0.05) is 38.0 Å². The molecule has 136 valence electrons. The minimum Gasteiger partial charge on any atom is -0.361 e. The van der Waals surface area contributed by atoms with Crippen LogP contribution in [0.3, 0.4) is 0 Å². The van der Waals surface area contributed by atoms with Crippen molar-refractivity contribution in [3.05, 3.63) is 73.3 Å². The minimum atomic E-state index is -0.165. The third-order valence-corrected chi connectivity index (χ3v) is 5.32. The van der Waals surface area contributed by atoms with Crippen LogP contribution in [0.25, 0.3) is 21.8 Å². The molecule has 0 atom stereocenters. The van der Waals surface area contributed by atoms with Gasteiger partial charge in [-0.25, -0.2) is 4.98 Å². The summed E-state index contributed by atoms with van der Waals surface area (Å²) in [6.07, 6.45) is 5.15. The molecule has 27 heavy (non-hydrogen) atoms. The van der Waals surface area contributed by atoms with Crippen molar-refractivity contribution in [3.63, 3.8) is 0 Å². The van der Waals surface area contributed by atoms with Gasteiger partial charge in [-0.1, -0.05) is 38.8 Å². The van der Waals surface area contributed by atoms with Crippen molar-refractivity contribution in [2.75, 3.05) is 0 Å². The summed E-state index contributed by atoms with van der Waals surface area (Å²) in [6.45, 7) is 2.06. The number of aromatic amines is 1. The molecular weight excluding hydrogens is 472 g/mol. The third kappa shape index (κ3) is 3.49. The first-order valence-corrected chi connectivity index (χ1v) is 10.2. The number of hydrogen-bond acceptors (Lipinski definition) is 3. The zero-order valence-corrected chi connectivity index (χ0v) is 17.7. The summed E-state index contributed by atoms with van der Waals surface area (Å²) < 4.78 is 3.24. The van der Waals surface area contributed by atoms with E-state index >= 15 is 0 Å². The molecule has 0 bridgehead atoms. The number of aryl methyl sites for hydroxylation is 1. The fourth-order valence-electron chi connectivity index (χ4n) is 3.04. The number of nitrogens with one attached hydrogen (secondary N) is 1. The molecule has 0 radical (unpaired) electrons. The Morgan fingerprint density at radius 1 is 1.15 bits per heavy atom. The lowest BCUT2D eigenvalue weighted by molar-refractivity contribution is 0.704. The van der Waals surface area contributed by atoms with E-state index in [0.717, 1.165) is 31.8 Å². The molecule has 2 aromatic carbocycles. The molecule has 0 saturated heterocycles. The predicted molar refractivity (Wildman–Crippen MR) is 117 cm³/mol. The van der Waals surface area contributed by atoms with Crippen LogP contribution in [-0.2, 0) is 6.42 Å². The number of H-pyrrole nitrogens is 1. The highest BCUT2D eigenvalue weighted by Crippen LogP contribution is 2.22. The first kappa shape index (κ1) is 18.1. The Morgan fingerprint density at radius 2 is 1.89 bits per heavy atom. The maximum absolute atomic E-state index is 13.0.